The van der Waals surface area contributed by atoms with E-state index in [1.165, 1.54) is 7.11 Å². The van der Waals surface area contributed by atoms with Gasteiger partial charge in [0.1, 0.15) is 0 Å². The highest BCUT2D eigenvalue weighted by Crippen LogP contribution is 2.20. The lowest BCUT2D eigenvalue weighted by molar-refractivity contribution is 0.379. The summed E-state index contributed by atoms with van der Waals surface area (Å²) in [6.07, 6.45) is 0. The monoisotopic (exact) mass is 307 g/mol. The average Bonchev–Trinajstić information content (AvgIpc) is 2.39. The van der Waals surface area contributed by atoms with Crippen molar-refractivity contribution in [3.05, 3.63) is 29.3 Å². The fourth-order valence-electron chi connectivity index (χ4n) is 1.56. The fraction of sp³-hybridized carbons (Fsp3) is 0.357. The van der Waals surface area contributed by atoms with E-state index in [9.17, 15) is 0 Å². The van der Waals surface area contributed by atoms with Gasteiger partial charge in [-0.05, 0) is 45.0 Å². The molecular formula is C14H18ClN5O. The van der Waals surface area contributed by atoms with Gasteiger partial charge in [0.2, 0.25) is 11.9 Å². The Labute approximate surface area is 128 Å². The van der Waals surface area contributed by atoms with Crippen molar-refractivity contribution >= 4 is 29.2 Å². The molecule has 0 spiro atoms. The Hall–Kier alpha value is -2.08. The van der Waals surface area contributed by atoms with Crippen molar-refractivity contribution < 1.29 is 4.74 Å². The van der Waals surface area contributed by atoms with Crippen LogP contribution in [-0.4, -0.2) is 27.6 Å². The van der Waals surface area contributed by atoms with Crippen molar-refractivity contribution in [1.82, 2.24) is 15.0 Å². The summed E-state index contributed by atoms with van der Waals surface area (Å²) < 4.78 is 5.10. The molecule has 0 bridgehead atoms. The third-order valence-corrected chi connectivity index (χ3v) is 2.64. The largest absolute Gasteiger partial charge is 0.467 e. The quantitative estimate of drug-likeness (QED) is 0.901. The van der Waals surface area contributed by atoms with E-state index in [-0.39, 0.29) is 11.5 Å². The molecule has 0 saturated heterocycles. The molecule has 0 saturated carbocycles. The van der Waals surface area contributed by atoms with Crippen LogP contribution in [-0.2, 0) is 0 Å². The van der Waals surface area contributed by atoms with Crippen LogP contribution in [0.5, 0.6) is 6.01 Å². The molecule has 0 unspecified atom stereocenters. The molecule has 2 rings (SSSR count). The van der Waals surface area contributed by atoms with E-state index in [1.807, 2.05) is 32.9 Å². The van der Waals surface area contributed by atoms with Crippen LogP contribution in [0.15, 0.2) is 24.3 Å². The Bertz CT molecular complexity index is 610. The first-order valence-electron chi connectivity index (χ1n) is 6.46. The summed E-state index contributed by atoms with van der Waals surface area (Å²) in [6.45, 7) is 6.07. The number of anilines is 3. The number of aromatic nitrogens is 3. The van der Waals surface area contributed by atoms with Gasteiger partial charge in [-0.15, -0.1) is 0 Å². The number of hydrogen-bond donors (Lipinski definition) is 2. The minimum atomic E-state index is -0.163. The molecule has 6 nitrogen and oxygen atoms in total. The predicted molar refractivity (Wildman–Crippen MR) is 84.5 cm³/mol. The Morgan fingerprint density at radius 1 is 1.00 bits per heavy atom. The molecule has 0 aliphatic heterocycles. The maximum absolute atomic E-state index is 5.86. The van der Waals surface area contributed by atoms with E-state index in [2.05, 4.69) is 25.6 Å². The highest BCUT2D eigenvalue weighted by atomic mass is 35.5. The summed E-state index contributed by atoms with van der Waals surface area (Å²) >= 11 is 5.86. The van der Waals surface area contributed by atoms with Gasteiger partial charge < -0.3 is 15.4 Å². The van der Waals surface area contributed by atoms with Crippen molar-refractivity contribution in [2.45, 2.75) is 26.3 Å². The van der Waals surface area contributed by atoms with Gasteiger partial charge in [-0.2, -0.15) is 15.0 Å². The topological polar surface area (TPSA) is 72.0 Å². The van der Waals surface area contributed by atoms with Crippen LogP contribution < -0.4 is 15.4 Å². The minimum absolute atomic E-state index is 0.163. The zero-order chi connectivity index (χ0) is 15.5. The third kappa shape index (κ3) is 4.75. The van der Waals surface area contributed by atoms with Crippen LogP contribution in [0.2, 0.25) is 5.02 Å². The number of benzene rings is 1. The second kappa shape index (κ2) is 6.13. The molecule has 7 heteroatoms. The first-order valence-corrected chi connectivity index (χ1v) is 6.84. The molecule has 0 aliphatic carbocycles. The van der Waals surface area contributed by atoms with Crippen LogP contribution in [0.4, 0.5) is 17.6 Å². The lowest BCUT2D eigenvalue weighted by Crippen LogP contribution is -2.27. The maximum atomic E-state index is 5.86. The fourth-order valence-corrected chi connectivity index (χ4v) is 1.68. The first-order chi connectivity index (χ1) is 9.85. The normalized spacial score (nSPS) is 11.1. The maximum Gasteiger partial charge on any atom is 0.322 e. The van der Waals surface area contributed by atoms with Crippen LogP contribution in [0.1, 0.15) is 20.8 Å². The van der Waals surface area contributed by atoms with Gasteiger partial charge in [-0.1, -0.05) is 11.6 Å². The first kappa shape index (κ1) is 15.3. The van der Waals surface area contributed by atoms with Gasteiger partial charge in [-0.3, -0.25) is 0 Å². The molecule has 21 heavy (non-hydrogen) atoms. The summed E-state index contributed by atoms with van der Waals surface area (Å²) in [4.78, 5) is 12.7. The van der Waals surface area contributed by atoms with E-state index in [4.69, 9.17) is 16.3 Å². The molecule has 0 atom stereocenters. The Morgan fingerprint density at radius 2 is 1.62 bits per heavy atom. The van der Waals surface area contributed by atoms with Crippen LogP contribution in [0.25, 0.3) is 0 Å². The summed E-state index contributed by atoms with van der Waals surface area (Å²) in [6, 6.07) is 7.51. The third-order valence-electron chi connectivity index (χ3n) is 2.38. The van der Waals surface area contributed by atoms with Crippen molar-refractivity contribution in [1.29, 1.82) is 0 Å². The molecule has 0 amide bonds. The number of nitrogens with zero attached hydrogens (tertiary/aromatic N) is 3. The minimum Gasteiger partial charge on any atom is -0.467 e. The highest BCUT2D eigenvalue weighted by molar-refractivity contribution is 6.30. The Morgan fingerprint density at radius 3 is 2.19 bits per heavy atom. The second-order valence-corrected chi connectivity index (χ2v) is 5.91. The van der Waals surface area contributed by atoms with Crippen molar-refractivity contribution in [2.75, 3.05) is 17.7 Å². The van der Waals surface area contributed by atoms with Crippen LogP contribution in [0.3, 0.4) is 0 Å². The zero-order valence-corrected chi connectivity index (χ0v) is 13.2. The summed E-state index contributed by atoms with van der Waals surface area (Å²) in [7, 11) is 1.52. The van der Waals surface area contributed by atoms with Crippen molar-refractivity contribution in [2.24, 2.45) is 0 Å². The molecular weight excluding hydrogens is 290 g/mol. The average molecular weight is 308 g/mol. The predicted octanol–water partition coefficient (Wildman–Crippen LogP) is 3.49. The molecule has 2 aromatic rings. The molecule has 1 aromatic heterocycles. The molecule has 2 N–H and O–H groups in total. The van der Waals surface area contributed by atoms with Gasteiger partial charge in [0.25, 0.3) is 0 Å². The van der Waals surface area contributed by atoms with E-state index in [0.29, 0.717) is 16.9 Å². The molecule has 1 heterocycles. The smallest absolute Gasteiger partial charge is 0.322 e. The number of hydrogen-bond acceptors (Lipinski definition) is 6. The number of nitrogens with one attached hydrogen (secondary N) is 2. The lowest BCUT2D eigenvalue weighted by Gasteiger charge is -2.20. The van der Waals surface area contributed by atoms with E-state index in [0.717, 1.165) is 5.69 Å². The molecule has 0 radical (unpaired) electrons. The number of rotatable bonds is 4. The Balaban J connectivity index is 2.25. The molecule has 112 valence electrons. The van der Waals surface area contributed by atoms with Gasteiger partial charge >= 0.3 is 6.01 Å². The second-order valence-electron chi connectivity index (χ2n) is 5.48. The number of ether oxygens (including phenoxy) is 1. The van der Waals surface area contributed by atoms with Gasteiger partial charge in [0.15, 0.2) is 0 Å². The van der Waals surface area contributed by atoms with Crippen molar-refractivity contribution in [3.8, 4) is 6.01 Å². The van der Waals surface area contributed by atoms with Crippen LogP contribution in [0, 0.1) is 0 Å². The van der Waals surface area contributed by atoms with E-state index < -0.39 is 0 Å². The van der Waals surface area contributed by atoms with Gasteiger partial charge in [0.05, 0.1) is 7.11 Å². The lowest BCUT2D eigenvalue weighted by atomic mass is 10.1. The summed E-state index contributed by atoms with van der Waals surface area (Å²) in [5, 5.41) is 6.95. The number of halogens is 1. The van der Waals surface area contributed by atoms with E-state index in [1.54, 1.807) is 12.1 Å². The zero-order valence-electron chi connectivity index (χ0n) is 12.4. The molecule has 0 fully saturated rings. The molecule has 0 aliphatic rings. The van der Waals surface area contributed by atoms with Gasteiger partial charge in [0, 0.05) is 16.2 Å². The summed E-state index contributed by atoms with van der Waals surface area (Å²) in [5.41, 5.74) is 0.665. The van der Waals surface area contributed by atoms with Crippen molar-refractivity contribution in [3.63, 3.8) is 0 Å². The van der Waals surface area contributed by atoms with Crippen LogP contribution >= 0.6 is 11.6 Å². The summed E-state index contributed by atoms with van der Waals surface area (Å²) in [5.74, 6) is 0.849. The van der Waals surface area contributed by atoms with Gasteiger partial charge in [-0.25, -0.2) is 0 Å². The van der Waals surface area contributed by atoms with E-state index >= 15 is 0 Å². The standard InChI is InChI=1S/C14H18ClN5O/c1-14(2,3)20-12-17-11(18-13(19-12)21-4)16-10-7-5-9(15)6-8-10/h5-8H,1-4H3,(H2,16,17,18,19,20). The number of methoxy groups -OCH3 is 1. The molecule has 1 aromatic carbocycles. The Kier molecular flexibility index (Phi) is 4.47. The SMILES string of the molecule is COc1nc(Nc2ccc(Cl)cc2)nc(NC(C)(C)C)n1. The highest BCUT2D eigenvalue weighted by Gasteiger charge is 2.14.